The standard InChI is InChI=1S/C16H28O2/c1-5-16(4,10-11(2)3)15(17)18-14-9-12-6-7-13(14)8-12/h11-14H,5-10H2,1-4H3. The van der Waals surface area contributed by atoms with E-state index in [1.165, 1.54) is 19.3 Å². The maximum absolute atomic E-state index is 12.4. The van der Waals surface area contributed by atoms with Crippen LogP contribution < -0.4 is 0 Å². The lowest BCUT2D eigenvalue weighted by molar-refractivity contribution is -0.164. The van der Waals surface area contributed by atoms with Crippen molar-refractivity contribution in [3.63, 3.8) is 0 Å². The van der Waals surface area contributed by atoms with E-state index < -0.39 is 0 Å². The third-order valence-electron chi connectivity index (χ3n) is 5.06. The van der Waals surface area contributed by atoms with Crippen LogP contribution in [0.2, 0.25) is 0 Å². The molecular weight excluding hydrogens is 224 g/mol. The van der Waals surface area contributed by atoms with Gasteiger partial charge in [-0.25, -0.2) is 0 Å². The first kappa shape index (κ1) is 13.9. The molecule has 2 fully saturated rings. The summed E-state index contributed by atoms with van der Waals surface area (Å²) in [5.74, 6) is 2.10. The smallest absolute Gasteiger partial charge is 0.312 e. The molecule has 2 rings (SSSR count). The van der Waals surface area contributed by atoms with E-state index in [-0.39, 0.29) is 17.5 Å². The average molecular weight is 252 g/mol. The molecule has 0 aromatic rings. The van der Waals surface area contributed by atoms with Gasteiger partial charge in [0.1, 0.15) is 6.10 Å². The van der Waals surface area contributed by atoms with Crippen molar-refractivity contribution in [3.8, 4) is 0 Å². The molecule has 0 aliphatic heterocycles. The summed E-state index contributed by atoms with van der Waals surface area (Å²) in [5.41, 5.74) is -0.282. The van der Waals surface area contributed by atoms with E-state index in [1.807, 2.05) is 0 Å². The fourth-order valence-corrected chi connectivity index (χ4v) is 3.88. The molecule has 2 nitrogen and oxygen atoms in total. The Hall–Kier alpha value is -0.530. The van der Waals surface area contributed by atoms with Gasteiger partial charge in [0, 0.05) is 0 Å². The number of esters is 1. The minimum atomic E-state index is -0.282. The molecule has 2 bridgehead atoms. The zero-order valence-corrected chi connectivity index (χ0v) is 12.4. The largest absolute Gasteiger partial charge is 0.462 e. The third-order valence-corrected chi connectivity index (χ3v) is 5.06. The van der Waals surface area contributed by atoms with Gasteiger partial charge in [0.2, 0.25) is 0 Å². The highest BCUT2D eigenvalue weighted by Gasteiger charge is 2.44. The van der Waals surface area contributed by atoms with Gasteiger partial charge >= 0.3 is 5.97 Å². The van der Waals surface area contributed by atoms with E-state index in [4.69, 9.17) is 4.74 Å². The zero-order chi connectivity index (χ0) is 13.3. The van der Waals surface area contributed by atoms with Crippen LogP contribution in [0.5, 0.6) is 0 Å². The Morgan fingerprint density at radius 1 is 1.33 bits per heavy atom. The van der Waals surface area contributed by atoms with Crippen LogP contribution in [0.25, 0.3) is 0 Å². The monoisotopic (exact) mass is 252 g/mol. The first-order valence-corrected chi connectivity index (χ1v) is 7.65. The molecular formula is C16H28O2. The molecule has 0 N–H and O–H groups in total. The van der Waals surface area contributed by atoms with Gasteiger partial charge in [0.05, 0.1) is 5.41 Å². The van der Waals surface area contributed by atoms with Gasteiger partial charge in [-0.3, -0.25) is 4.79 Å². The molecule has 0 amide bonds. The van der Waals surface area contributed by atoms with Crippen LogP contribution in [0, 0.1) is 23.2 Å². The molecule has 2 aliphatic carbocycles. The summed E-state index contributed by atoms with van der Waals surface area (Å²) in [6.45, 7) is 8.53. The number of rotatable bonds is 5. The number of carbonyl (C=O) groups excluding carboxylic acids is 1. The molecule has 0 aromatic carbocycles. The van der Waals surface area contributed by atoms with Gasteiger partial charge in [0.25, 0.3) is 0 Å². The molecule has 2 heteroatoms. The number of fused-ring (bicyclic) bond motifs is 2. The first-order valence-electron chi connectivity index (χ1n) is 7.65. The van der Waals surface area contributed by atoms with E-state index in [0.717, 1.165) is 25.2 Å². The minimum absolute atomic E-state index is 0.0521. The summed E-state index contributed by atoms with van der Waals surface area (Å²) in [4.78, 5) is 12.4. The van der Waals surface area contributed by atoms with Crippen molar-refractivity contribution in [1.82, 2.24) is 0 Å². The molecule has 4 atom stereocenters. The van der Waals surface area contributed by atoms with Gasteiger partial charge in [0.15, 0.2) is 0 Å². The van der Waals surface area contributed by atoms with E-state index in [9.17, 15) is 4.79 Å². The van der Waals surface area contributed by atoms with Crippen LogP contribution in [-0.2, 0) is 9.53 Å². The van der Waals surface area contributed by atoms with Crippen molar-refractivity contribution in [2.24, 2.45) is 23.2 Å². The van der Waals surface area contributed by atoms with Crippen LogP contribution in [-0.4, -0.2) is 12.1 Å². The fraction of sp³-hybridized carbons (Fsp3) is 0.938. The van der Waals surface area contributed by atoms with Gasteiger partial charge in [-0.1, -0.05) is 20.8 Å². The van der Waals surface area contributed by atoms with Crippen molar-refractivity contribution in [3.05, 3.63) is 0 Å². The van der Waals surface area contributed by atoms with Crippen molar-refractivity contribution in [2.75, 3.05) is 0 Å². The second kappa shape index (κ2) is 5.22. The topological polar surface area (TPSA) is 26.3 Å². The highest BCUT2D eigenvalue weighted by atomic mass is 16.5. The quantitative estimate of drug-likeness (QED) is 0.686. The number of ether oxygens (including phenoxy) is 1. The van der Waals surface area contributed by atoms with Crippen molar-refractivity contribution >= 4 is 5.97 Å². The summed E-state index contributed by atoms with van der Waals surface area (Å²) in [5, 5.41) is 0. The van der Waals surface area contributed by atoms with E-state index in [2.05, 4.69) is 27.7 Å². The first-order chi connectivity index (χ1) is 8.44. The molecule has 0 spiro atoms. The Morgan fingerprint density at radius 3 is 2.50 bits per heavy atom. The van der Waals surface area contributed by atoms with E-state index in [1.54, 1.807) is 0 Å². The summed E-state index contributed by atoms with van der Waals surface area (Å²) in [7, 11) is 0. The molecule has 2 aliphatic rings. The van der Waals surface area contributed by atoms with Crippen LogP contribution in [0.15, 0.2) is 0 Å². The number of carbonyl (C=O) groups is 1. The van der Waals surface area contributed by atoms with Gasteiger partial charge in [-0.2, -0.15) is 0 Å². The van der Waals surface area contributed by atoms with Crippen molar-refractivity contribution < 1.29 is 9.53 Å². The third kappa shape index (κ3) is 2.73. The molecule has 0 saturated heterocycles. The predicted octanol–water partition coefficient (Wildman–Crippen LogP) is 4.18. The Morgan fingerprint density at radius 2 is 2.06 bits per heavy atom. The molecule has 0 radical (unpaired) electrons. The second-order valence-corrected chi connectivity index (χ2v) is 7.13. The Labute approximate surface area is 111 Å². The molecule has 2 saturated carbocycles. The van der Waals surface area contributed by atoms with Gasteiger partial charge in [-0.15, -0.1) is 0 Å². The highest BCUT2D eigenvalue weighted by Crippen LogP contribution is 2.46. The number of hydrogen-bond acceptors (Lipinski definition) is 2. The predicted molar refractivity (Wildman–Crippen MR) is 73.2 cm³/mol. The van der Waals surface area contributed by atoms with Crippen LogP contribution in [0.4, 0.5) is 0 Å². The lowest BCUT2D eigenvalue weighted by Gasteiger charge is -2.31. The SMILES string of the molecule is CCC(C)(CC(C)C)C(=O)OC1CC2CCC1C2. The van der Waals surface area contributed by atoms with Crippen molar-refractivity contribution in [2.45, 2.75) is 72.3 Å². The average Bonchev–Trinajstić information content (AvgIpc) is 2.89. The van der Waals surface area contributed by atoms with Crippen LogP contribution in [0.3, 0.4) is 0 Å². The fourth-order valence-electron chi connectivity index (χ4n) is 3.88. The summed E-state index contributed by atoms with van der Waals surface area (Å²) in [6.07, 6.45) is 7.09. The van der Waals surface area contributed by atoms with Crippen LogP contribution in [0.1, 0.15) is 66.2 Å². The Kier molecular flexibility index (Phi) is 4.03. The summed E-state index contributed by atoms with van der Waals surface area (Å²) in [6, 6.07) is 0. The van der Waals surface area contributed by atoms with Gasteiger partial charge in [-0.05, 0) is 63.2 Å². The lowest BCUT2D eigenvalue weighted by Crippen LogP contribution is -2.35. The van der Waals surface area contributed by atoms with Gasteiger partial charge < -0.3 is 4.74 Å². The maximum Gasteiger partial charge on any atom is 0.312 e. The molecule has 0 heterocycles. The Bertz CT molecular complexity index is 310. The number of hydrogen-bond donors (Lipinski definition) is 0. The molecule has 104 valence electrons. The van der Waals surface area contributed by atoms with Crippen LogP contribution >= 0.6 is 0 Å². The lowest BCUT2D eigenvalue weighted by atomic mass is 9.79. The maximum atomic E-state index is 12.4. The normalized spacial score (nSPS) is 33.7. The van der Waals surface area contributed by atoms with Crippen molar-refractivity contribution in [1.29, 1.82) is 0 Å². The summed E-state index contributed by atoms with van der Waals surface area (Å²) < 4.78 is 5.86. The molecule has 4 unspecified atom stereocenters. The zero-order valence-electron chi connectivity index (χ0n) is 12.4. The van der Waals surface area contributed by atoms with E-state index in [0.29, 0.717) is 11.8 Å². The molecule has 0 aromatic heterocycles. The van der Waals surface area contributed by atoms with E-state index >= 15 is 0 Å². The molecule has 18 heavy (non-hydrogen) atoms. The summed E-state index contributed by atoms with van der Waals surface area (Å²) >= 11 is 0. The Balaban J connectivity index is 1.93. The second-order valence-electron chi connectivity index (χ2n) is 7.13. The highest BCUT2D eigenvalue weighted by molar-refractivity contribution is 5.76. The minimum Gasteiger partial charge on any atom is -0.462 e.